The van der Waals surface area contributed by atoms with Crippen LogP contribution < -0.4 is 5.32 Å². The molecule has 0 saturated carbocycles. The topological polar surface area (TPSA) is 49.3 Å². The Morgan fingerprint density at radius 2 is 1.88 bits per heavy atom. The van der Waals surface area contributed by atoms with Crippen molar-refractivity contribution in [2.45, 2.75) is 27.2 Å². The van der Waals surface area contributed by atoms with Crippen molar-refractivity contribution in [1.82, 2.24) is 0 Å². The molecular weight excluding hydrogens is 202 g/mol. The van der Waals surface area contributed by atoms with E-state index < -0.39 is 5.97 Å². The molecule has 84 valence electrons. The molecule has 0 saturated heterocycles. The second-order valence-electron chi connectivity index (χ2n) is 4.31. The fraction of sp³-hybridized carbons (Fsp3) is 0.308. The number of carboxylic acids is 1. The molecule has 0 aromatic heterocycles. The maximum atomic E-state index is 11.2. The molecule has 0 aliphatic carbocycles. The Labute approximate surface area is 94.8 Å². The lowest BCUT2D eigenvalue weighted by atomic mass is 9.91. The number of carboxylic acid groups (broad SMARTS) is 1. The third-order valence-corrected chi connectivity index (χ3v) is 3.35. The van der Waals surface area contributed by atoms with Crippen LogP contribution in [0.25, 0.3) is 0 Å². The monoisotopic (exact) mass is 217 g/mol. The standard InChI is InChI=1S/C13H15NO2/c1-6-5-10-9(4)11(13(15)16)7(2)8(3)12(10)14-6/h14H,1,5H2,2-4H3,(H,15,16). The lowest BCUT2D eigenvalue weighted by Crippen LogP contribution is -2.07. The quantitative estimate of drug-likeness (QED) is 0.760. The average molecular weight is 217 g/mol. The van der Waals surface area contributed by atoms with E-state index in [1.165, 1.54) is 0 Å². The predicted molar refractivity (Wildman–Crippen MR) is 64.1 cm³/mol. The van der Waals surface area contributed by atoms with Crippen LogP contribution in [0.1, 0.15) is 32.6 Å². The number of nitrogens with one attached hydrogen (secondary N) is 1. The van der Waals surface area contributed by atoms with Crippen molar-refractivity contribution in [3.05, 3.63) is 40.1 Å². The summed E-state index contributed by atoms with van der Waals surface area (Å²) in [4.78, 5) is 11.2. The lowest BCUT2D eigenvalue weighted by molar-refractivity contribution is 0.0695. The van der Waals surface area contributed by atoms with Gasteiger partial charge >= 0.3 is 5.97 Å². The number of anilines is 1. The Kier molecular flexibility index (Phi) is 2.26. The van der Waals surface area contributed by atoms with E-state index >= 15 is 0 Å². The van der Waals surface area contributed by atoms with Crippen LogP contribution in [0.2, 0.25) is 0 Å². The molecule has 1 aliphatic rings. The summed E-state index contributed by atoms with van der Waals surface area (Å²) in [5, 5.41) is 12.5. The van der Waals surface area contributed by atoms with E-state index in [-0.39, 0.29) is 0 Å². The van der Waals surface area contributed by atoms with Gasteiger partial charge in [-0.25, -0.2) is 4.79 Å². The Balaban J connectivity index is 2.79. The zero-order valence-electron chi connectivity index (χ0n) is 9.77. The van der Waals surface area contributed by atoms with E-state index in [9.17, 15) is 9.90 Å². The van der Waals surface area contributed by atoms with E-state index in [1.807, 2.05) is 20.8 Å². The van der Waals surface area contributed by atoms with Crippen LogP contribution in [-0.4, -0.2) is 11.1 Å². The number of rotatable bonds is 1. The van der Waals surface area contributed by atoms with Crippen LogP contribution in [-0.2, 0) is 6.42 Å². The number of fused-ring (bicyclic) bond motifs is 1. The van der Waals surface area contributed by atoms with E-state index in [0.29, 0.717) is 5.56 Å². The zero-order valence-corrected chi connectivity index (χ0v) is 9.77. The summed E-state index contributed by atoms with van der Waals surface area (Å²) >= 11 is 0. The molecule has 0 unspecified atom stereocenters. The first kappa shape index (κ1) is 10.7. The lowest BCUT2D eigenvalue weighted by Gasteiger charge is -2.14. The van der Waals surface area contributed by atoms with Gasteiger partial charge in [-0.2, -0.15) is 0 Å². The highest BCUT2D eigenvalue weighted by Crippen LogP contribution is 2.37. The molecule has 3 heteroatoms. The number of hydrogen-bond acceptors (Lipinski definition) is 2. The maximum absolute atomic E-state index is 11.2. The van der Waals surface area contributed by atoms with Crippen molar-refractivity contribution in [1.29, 1.82) is 0 Å². The Hall–Kier alpha value is -1.77. The predicted octanol–water partition coefficient (Wildman–Crippen LogP) is 2.79. The molecule has 2 N–H and O–H groups in total. The van der Waals surface area contributed by atoms with E-state index in [4.69, 9.17) is 0 Å². The summed E-state index contributed by atoms with van der Waals surface area (Å²) in [5.41, 5.74) is 6.20. The van der Waals surface area contributed by atoms with Crippen molar-refractivity contribution in [2.24, 2.45) is 0 Å². The molecule has 3 nitrogen and oxygen atoms in total. The van der Waals surface area contributed by atoms with Crippen molar-refractivity contribution < 1.29 is 9.90 Å². The van der Waals surface area contributed by atoms with Crippen molar-refractivity contribution >= 4 is 11.7 Å². The average Bonchev–Trinajstić information content (AvgIpc) is 2.57. The summed E-state index contributed by atoms with van der Waals surface area (Å²) in [6.07, 6.45) is 0.725. The summed E-state index contributed by atoms with van der Waals surface area (Å²) in [5.74, 6) is -0.849. The van der Waals surface area contributed by atoms with Gasteiger partial charge in [0.15, 0.2) is 0 Å². The van der Waals surface area contributed by atoms with Gasteiger partial charge in [0, 0.05) is 17.8 Å². The van der Waals surface area contributed by atoms with Gasteiger partial charge in [0.25, 0.3) is 0 Å². The number of hydrogen-bond donors (Lipinski definition) is 2. The van der Waals surface area contributed by atoms with E-state index in [0.717, 1.165) is 40.1 Å². The summed E-state index contributed by atoms with van der Waals surface area (Å²) in [7, 11) is 0. The molecule has 1 heterocycles. The Bertz CT molecular complexity index is 515. The van der Waals surface area contributed by atoms with E-state index in [2.05, 4.69) is 11.9 Å². The van der Waals surface area contributed by atoms with Crippen molar-refractivity contribution in [3.63, 3.8) is 0 Å². The third kappa shape index (κ3) is 1.32. The van der Waals surface area contributed by atoms with Gasteiger partial charge < -0.3 is 10.4 Å². The molecule has 0 atom stereocenters. The van der Waals surface area contributed by atoms with Crippen molar-refractivity contribution in [2.75, 3.05) is 5.32 Å². The van der Waals surface area contributed by atoms with Gasteiger partial charge in [-0.3, -0.25) is 0 Å². The number of allylic oxidation sites excluding steroid dienone is 1. The molecule has 0 bridgehead atoms. The molecule has 0 amide bonds. The van der Waals surface area contributed by atoms with Gasteiger partial charge in [0.2, 0.25) is 0 Å². The van der Waals surface area contributed by atoms with Gasteiger partial charge in [-0.1, -0.05) is 6.58 Å². The van der Waals surface area contributed by atoms with Gasteiger partial charge in [-0.05, 0) is 43.0 Å². The Morgan fingerprint density at radius 3 is 2.44 bits per heavy atom. The second-order valence-corrected chi connectivity index (χ2v) is 4.31. The van der Waals surface area contributed by atoms with Crippen LogP contribution in [0.15, 0.2) is 12.3 Å². The van der Waals surface area contributed by atoms with E-state index in [1.54, 1.807) is 0 Å². The normalized spacial score (nSPS) is 13.6. The first-order chi connectivity index (χ1) is 7.43. The minimum Gasteiger partial charge on any atom is -0.478 e. The smallest absolute Gasteiger partial charge is 0.336 e. The first-order valence-electron chi connectivity index (χ1n) is 5.24. The van der Waals surface area contributed by atoms with Gasteiger partial charge in [0.05, 0.1) is 5.56 Å². The Morgan fingerprint density at radius 1 is 1.25 bits per heavy atom. The van der Waals surface area contributed by atoms with Crippen LogP contribution in [0, 0.1) is 20.8 Å². The molecule has 0 radical (unpaired) electrons. The number of aromatic carboxylic acids is 1. The van der Waals surface area contributed by atoms with Crippen molar-refractivity contribution in [3.8, 4) is 0 Å². The highest BCUT2D eigenvalue weighted by Gasteiger charge is 2.24. The number of carbonyl (C=O) groups is 1. The molecular formula is C13H15NO2. The summed E-state index contributed by atoms with van der Waals surface area (Å²) < 4.78 is 0. The second kappa shape index (κ2) is 3.37. The molecule has 2 rings (SSSR count). The molecule has 16 heavy (non-hydrogen) atoms. The van der Waals surface area contributed by atoms with Crippen LogP contribution in [0.5, 0.6) is 0 Å². The highest BCUT2D eigenvalue weighted by molar-refractivity contribution is 5.94. The van der Waals surface area contributed by atoms with Crippen LogP contribution in [0.3, 0.4) is 0 Å². The summed E-state index contributed by atoms with van der Waals surface area (Å²) in [6, 6.07) is 0. The van der Waals surface area contributed by atoms with Crippen LogP contribution in [0.4, 0.5) is 5.69 Å². The van der Waals surface area contributed by atoms with Gasteiger partial charge in [-0.15, -0.1) is 0 Å². The summed E-state index contributed by atoms with van der Waals surface area (Å²) in [6.45, 7) is 9.57. The molecule has 1 aliphatic heterocycles. The first-order valence-corrected chi connectivity index (χ1v) is 5.24. The fourth-order valence-corrected chi connectivity index (χ4v) is 2.37. The highest BCUT2D eigenvalue weighted by atomic mass is 16.4. The fourth-order valence-electron chi connectivity index (χ4n) is 2.37. The largest absolute Gasteiger partial charge is 0.478 e. The maximum Gasteiger partial charge on any atom is 0.336 e. The number of benzene rings is 1. The molecule has 0 spiro atoms. The SMILES string of the molecule is C=C1Cc2c(C)c(C(=O)O)c(C)c(C)c2N1. The molecule has 1 aromatic rings. The molecule has 0 fully saturated rings. The van der Waals surface area contributed by atoms with Crippen LogP contribution >= 0.6 is 0 Å². The third-order valence-electron chi connectivity index (χ3n) is 3.35. The minimum absolute atomic E-state index is 0.438. The van der Waals surface area contributed by atoms with Gasteiger partial charge in [0.1, 0.15) is 0 Å². The minimum atomic E-state index is -0.849. The molecule has 1 aromatic carbocycles. The zero-order chi connectivity index (χ0) is 12.0.